The van der Waals surface area contributed by atoms with E-state index in [1.54, 1.807) is 13.2 Å². The molecule has 5 heteroatoms. The van der Waals surface area contributed by atoms with Crippen molar-refractivity contribution in [3.8, 4) is 17.2 Å². The van der Waals surface area contributed by atoms with Gasteiger partial charge in [0.1, 0.15) is 18.6 Å². The van der Waals surface area contributed by atoms with Crippen molar-refractivity contribution in [3.05, 3.63) is 72.1 Å². The Morgan fingerprint density at radius 3 is 2.61 bits per heavy atom. The summed E-state index contributed by atoms with van der Waals surface area (Å²) >= 11 is 0. The second-order valence-corrected chi connectivity index (χ2v) is 4.80. The van der Waals surface area contributed by atoms with E-state index in [2.05, 4.69) is 4.98 Å². The van der Waals surface area contributed by atoms with Crippen LogP contribution >= 0.6 is 0 Å². The van der Waals surface area contributed by atoms with Gasteiger partial charge in [0.25, 0.3) is 0 Å². The Kier molecular flexibility index (Phi) is 4.38. The molecule has 2 aromatic carbocycles. The number of nitrogens with zero attached hydrogens (tertiary/aromatic N) is 1. The van der Waals surface area contributed by atoms with E-state index in [1.165, 1.54) is 6.26 Å². The number of esters is 1. The van der Waals surface area contributed by atoms with Crippen molar-refractivity contribution in [3.63, 3.8) is 0 Å². The van der Waals surface area contributed by atoms with Crippen LogP contribution < -0.4 is 4.74 Å². The maximum atomic E-state index is 12.0. The van der Waals surface area contributed by atoms with Gasteiger partial charge in [0.2, 0.25) is 5.89 Å². The molecule has 0 saturated carbocycles. The number of benzene rings is 2. The number of methoxy groups -OCH3 is 1. The summed E-state index contributed by atoms with van der Waals surface area (Å²) in [7, 11) is 1.57. The molecule has 0 aliphatic heterocycles. The van der Waals surface area contributed by atoms with Gasteiger partial charge in [0.15, 0.2) is 5.69 Å². The van der Waals surface area contributed by atoms with E-state index in [-0.39, 0.29) is 12.3 Å². The molecule has 0 aliphatic rings. The van der Waals surface area contributed by atoms with Gasteiger partial charge in [0, 0.05) is 0 Å². The monoisotopic (exact) mass is 309 g/mol. The highest BCUT2D eigenvalue weighted by Crippen LogP contribution is 2.28. The van der Waals surface area contributed by atoms with Crippen LogP contribution in [0.15, 0.2) is 65.3 Å². The van der Waals surface area contributed by atoms with E-state index >= 15 is 0 Å². The molecule has 116 valence electrons. The van der Waals surface area contributed by atoms with E-state index in [0.717, 1.165) is 5.56 Å². The molecule has 0 unspecified atom stereocenters. The van der Waals surface area contributed by atoms with Crippen LogP contribution in [0.2, 0.25) is 0 Å². The number of carbonyl (C=O) groups is 1. The van der Waals surface area contributed by atoms with Gasteiger partial charge in [-0.25, -0.2) is 9.78 Å². The van der Waals surface area contributed by atoms with Crippen molar-refractivity contribution in [2.45, 2.75) is 6.61 Å². The third kappa shape index (κ3) is 3.40. The fourth-order valence-electron chi connectivity index (χ4n) is 2.11. The average molecular weight is 309 g/mol. The third-order valence-electron chi connectivity index (χ3n) is 3.26. The van der Waals surface area contributed by atoms with Gasteiger partial charge >= 0.3 is 5.97 Å². The van der Waals surface area contributed by atoms with Crippen molar-refractivity contribution in [1.29, 1.82) is 0 Å². The summed E-state index contributed by atoms with van der Waals surface area (Å²) in [6, 6.07) is 16.7. The average Bonchev–Trinajstić information content (AvgIpc) is 3.10. The molecule has 0 bridgehead atoms. The van der Waals surface area contributed by atoms with Crippen LogP contribution in [0.5, 0.6) is 5.75 Å². The van der Waals surface area contributed by atoms with Gasteiger partial charge in [-0.05, 0) is 17.7 Å². The summed E-state index contributed by atoms with van der Waals surface area (Å²) in [6.07, 6.45) is 1.29. The minimum absolute atomic E-state index is 0.127. The molecular formula is C18H15NO4. The number of carbonyl (C=O) groups excluding carboxylic acids is 1. The van der Waals surface area contributed by atoms with Crippen LogP contribution in [0.25, 0.3) is 11.5 Å². The van der Waals surface area contributed by atoms with E-state index in [1.807, 2.05) is 48.5 Å². The van der Waals surface area contributed by atoms with Crippen molar-refractivity contribution >= 4 is 5.97 Å². The Balaban J connectivity index is 1.72. The molecule has 0 radical (unpaired) electrons. The van der Waals surface area contributed by atoms with E-state index in [0.29, 0.717) is 17.2 Å². The van der Waals surface area contributed by atoms with Crippen molar-refractivity contribution < 1.29 is 18.7 Å². The van der Waals surface area contributed by atoms with Crippen LogP contribution in [-0.2, 0) is 11.3 Å². The lowest BCUT2D eigenvalue weighted by Gasteiger charge is -2.04. The lowest BCUT2D eigenvalue weighted by atomic mass is 10.2. The molecule has 23 heavy (non-hydrogen) atoms. The molecule has 0 saturated heterocycles. The highest BCUT2D eigenvalue weighted by atomic mass is 16.5. The number of oxazole rings is 1. The number of rotatable bonds is 5. The second kappa shape index (κ2) is 6.79. The van der Waals surface area contributed by atoms with Crippen LogP contribution in [0.3, 0.4) is 0 Å². The van der Waals surface area contributed by atoms with Gasteiger partial charge in [-0.2, -0.15) is 0 Å². The Hall–Kier alpha value is -3.08. The van der Waals surface area contributed by atoms with Gasteiger partial charge in [-0.1, -0.05) is 42.5 Å². The van der Waals surface area contributed by atoms with Crippen LogP contribution in [-0.4, -0.2) is 18.1 Å². The van der Waals surface area contributed by atoms with Crippen LogP contribution in [0.1, 0.15) is 16.1 Å². The second-order valence-electron chi connectivity index (χ2n) is 4.80. The zero-order chi connectivity index (χ0) is 16.1. The Morgan fingerprint density at radius 2 is 1.83 bits per heavy atom. The highest BCUT2D eigenvalue weighted by Gasteiger charge is 2.17. The number of para-hydroxylation sites is 1. The summed E-state index contributed by atoms with van der Waals surface area (Å²) < 4.78 is 15.9. The first-order chi connectivity index (χ1) is 11.3. The van der Waals surface area contributed by atoms with Gasteiger partial charge in [0.05, 0.1) is 12.7 Å². The van der Waals surface area contributed by atoms with E-state index in [9.17, 15) is 4.79 Å². The van der Waals surface area contributed by atoms with E-state index in [4.69, 9.17) is 13.9 Å². The quantitative estimate of drug-likeness (QED) is 0.672. The molecule has 0 aliphatic carbocycles. The van der Waals surface area contributed by atoms with Crippen LogP contribution in [0.4, 0.5) is 0 Å². The van der Waals surface area contributed by atoms with Gasteiger partial charge in [-0.15, -0.1) is 0 Å². The predicted molar refractivity (Wildman–Crippen MR) is 84.1 cm³/mol. The first-order valence-corrected chi connectivity index (χ1v) is 7.08. The summed E-state index contributed by atoms with van der Waals surface area (Å²) in [6.45, 7) is 0.191. The molecule has 0 spiro atoms. The zero-order valence-electron chi connectivity index (χ0n) is 12.6. The van der Waals surface area contributed by atoms with E-state index < -0.39 is 5.97 Å². The molecule has 0 atom stereocenters. The highest BCUT2D eigenvalue weighted by molar-refractivity contribution is 5.87. The Morgan fingerprint density at radius 1 is 1.09 bits per heavy atom. The lowest BCUT2D eigenvalue weighted by molar-refractivity contribution is 0.0465. The maximum absolute atomic E-state index is 12.0. The number of hydrogen-bond donors (Lipinski definition) is 0. The molecule has 1 aromatic heterocycles. The zero-order valence-corrected chi connectivity index (χ0v) is 12.6. The molecule has 0 N–H and O–H groups in total. The van der Waals surface area contributed by atoms with Gasteiger partial charge < -0.3 is 13.9 Å². The first kappa shape index (κ1) is 14.8. The molecular weight excluding hydrogens is 294 g/mol. The van der Waals surface area contributed by atoms with Crippen LogP contribution in [0, 0.1) is 0 Å². The topological polar surface area (TPSA) is 61.6 Å². The number of hydrogen-bond acceptors (Lipinski definition) is 5. The predicted octanol–water partition coefficient (Wildman–Crippen LogP) is 3.71. The number of ether oxygens (including phenoxy) is 2. The van der Waals surface area contributed by atoms with Gasteiger partial charge in [-0.3, -0.25) is 0 Å². The first-order valence-electron chi connectivity index (χ1n) is 7.08. The smallest absolute Gasteiger partial charge is 0.360 e. The Bertz CT molecular complexity index is 796. The Labute approximate surface area is 133 Å². The third-order valence-corrected chi connectivity index (χ3v) is 3.26. The van der Waals surface area contributed by atoms with Crippen molar-refractivity contribution in [1.82, 2.24) is 4.98 Å². The fraction of sp³-hybridized carbons (Fsp3) is 0.111. The molecule has 3 aromatic rings. The molecule has 1 heterocycles. The standard InChI is InChI=1S/C18H15NO4/c1-21-16-10-6-5-9-14(16)17-19-15(12-22-17)18(20)23-11-13-7-3-2-4-8-13/h2-10,12H,11H2,1H3. The summed E-state index contributed by atoms with van der Waals surface area (Å²) in [5.41, 5.74) is 1.72. The van der Waals surface area contributed by atoms with Crippen molar-refractivity contribution in [2.24, 2.45) is 0 Å². The maximum Gasteiger partial charge on any atom is 0.360 e. The largest absolute Gasteiger partial charge is 0.496 e. The lowest BCUT2D eigenvalue weighted by Crippen LogP contribution is -2.05. The number of aromatic nitrogens is 1. The molecule has 5 nitrogen and oxygen atoms in total. The summed E-state index contributed by atoms with van der Waals surface area (Å²) in [4.78, 5) is 16.2. The minimum atomic E-state index is -0.529. The SMILES string of the molecule is COc1ccccc1-c1nc(C(=O)OCc2ccccc2)co1. The fourth-order valence-corrected chi connectivity index (χ4v) is 2.11. The molecule has 3 rings (SSSR count). The normalized spacial score (nSPS) is 10.3. The summed E-state index contributed by atoms with van der Waals surface area (Å²) in [5.74, 6) is 0.409. The van der Waals surface area contributed by atoms with Crippen molar-refractivity contribution in [2.75, 3.05) is 7.11 Å². The molecule has 0 fully saturated rings. The minimum Gasteiger partial charge on any atom is -0.496 e. The summed E-state index contributed by atoms with van der Waals surface area (Å²) in [5, 5.41) is 0. The molecule has 0 amide bonds.